The number of carbonyl (C=O) groups is 1. The van der Waals surface area contributed by atoms with Crippen LogP contribution in [0.4, 0.5) is 21.5 Å². The molecule has 0 aliphatic carbocycles. The zero-order valence-electron chi connectivity index (χ0n) is 18.3. The van der Waals surface area contributed by atoms with E-state index in [2.05, 4.69) is 10.2 Å². The summed E-state index contributed by atoms with van der Waals surface area (Å²) in [7, 11) is 3.56. The van der Waals surface area contributed by atoms with Gasteiger partial charge in [0.2, 0.25) is 0 Å². The highest BCUT2D eigenvalue weighted by atomic mass is 19.1. The number of halogens is 1. The summed E-state index contributed by atoms with van der Waals surface area (Å²) in [5, 5.41) is 21.6. The minimum absolute atomic E-state index is 0.0227. The highest BCUT2D eigenvalue weighted by molar-refractivity contribution is 5.77. The van der Waals surface area contributed by atoms with E-state index >= 15 is 0 Å². The summed E-state index contributed by atoms with van der Waals surface area (Å²) in [6.07, 6.45) is 1.73. The first-order chi connectivity index (χ1) is 15.4. The molecule has 0 aromatic heterocycles. The van der Waals surface area contributed by atoms with Crippen LogP contribution in [0, 0.1) is 17.1 Å². The van der Waals surface area contributed by atoms with Crippen molar-refractivity contribution in [1.82, 2.24) is 0 Å². The summed E-state index contributed by atoms with van der Waals surface area (Å²) in [5.74, 6) is -1.83. The number of nitrogens with zero attached hydrogens (tertiary/aromatic N) is 2. The van der Waals surface area contributed by atoms with Gasteiger partial charge in [-0.25, -0.2) is 4.39 Å². The Bertz CT molecular complexity index is 986. The average Bonchev–Trinajstić information content (AvgIpc) is 2.79. The van der Waals surface area contributed by atoms with Gasteiger partial charge in [-0.15, -0.1) is 0 Å². The van der Waals surface area contributed by atoms with Crippen LogP contribution in [-0.4, -0.2) is 51.1 Å². The molecule has 2 N–H and O–H groups in total. The largest absolute Gasteiger partial charge is 0.481 e. The molecule has 2 aromatic rings. The number of ether oxygens (including phenoxy) is 2. The van der Waals surface area contributed by atoms with E-state index < -0.39 is 11.8 Å². The number of aliphatic carboxylic acids is 1. The van der Waals surface area contributed by atoms with E-state index in [0.717, 1.165) is 29.8 Å². The quantitative estimate of drug-likeness (QED) is 0.600. The number of hydrogen-bond acceptors (Lipinski definition) is 6. The lowest BCUT2D eigenvalue weighted by Gasteiger charge is -2.34. The predicted octanol–water partition coefficient (Wildman–Crippen LogP) is 4.26. The molecular formula is C24H28FN3O4. The molecule has 170 valence electrons. The van der Waals surface area contributed by atoms with Gasteiger partial charge in [-0.2, -0.15) is 5.26 Å². The molecule has 7 nitrogen and oxygen atoms in total. The lowest BCUT2D eigenvalue weighted by atomic mass is 9.95. The van der Waals surface area contributed by atoms with Gasteiger partial charge >= 0.3 is 5.97 Å². The van der Waals surface area contributed by atoms with Gasteiger partial charge in [0.1, 0.15) is 11.9 Å². The Morgan fingerprint density at radius 2 is 2.09 bits per heavy atom. The van der Waals surface area contributed by atoms with Crippen molar-refractivity contribution >= 4 is 23.0 Å². The molecule has 0 saturated carbocycles. The first-order valence-electron chi connectivity index (χ1n) is 10.5. The van der Waals surface area contributed by atoms with Gasteiger partial charge in [0.25, 0.3) is 0 Å². The second-order valence-corrected chi connectivity index (χ2v) is 7.91. The topological polar surface area (TPSA) is 94.8 Å². The molecule has 1 fully saturated rings. The molecule has 1 unspecified atom stereocenters. The number of nitriles is 1. The molecule has 0 bridgehead atoms. The normalized spacial score (nSPS) is 15.1. The summed E-state index contributed by atoms with van der Waals surface area (Å²) >= 11 is 0. The van der Waals surface area contributed by atoms with E-state index in [9.17, 15) is 14.3 Å². The van der Waals surface area contributed by atoms with Crippen LogP contribution in [0.3, 0.4) is 0 Å². The average molecular weight is 442 g/mol. The zero-order valence-corrected chi connectivity index (χ0v) is 18.3. The number of nitrogens with one attached hydrogen (secondary N) is 1. The van der Waals surface area contributed by atoms with Crippen LogP contribution >= 0.6 is 0 Å². The molecule has 0 amide bonds. The Morgan fingerprint density at radius 3 is 2.72 bits per heavy atom. The second kappa shape index (κ2) is 10.9. The third-order valence-electron chi connectivity index (χ3n) is 5.77. The van der Waals surface area contributed by atoms with E-state index in [4.69, 9.17) is 14.7 Å². The van der Waals surface area contributed by atoms with E-state index in [0.29, 0.717) is 24.9 Å². The number of methoxy groups -OCH3 is 1. The maximum atomic E-state index is 14.2. The fraction of sp³-hybridized carbons (Fsp3) is 0.417. The van der Waals surface area contributed by atoms with Crippen LogP contribution in [0.25, 0.3) is 0 Å². The van der Waals surface area contributed by atoms with Crippen molar-refractivity contribution < 1.29 is 23.8 Å². The van der Waals surface area contributed by atoms with Crippen LogP contribution in [-0.2, 0) is 14.3 Å². The number of carboxylic acid groups (broad SMARTS) is 1. The van der Waals surface area contributed by atoms with Gasteiger partial charge in [-0.1, -0.05) is 6.07 Å². The Labute approximate surface area is 187 Å². The van der Waals surface area contributed by atoms with Crippen molar-refractivity contribution in [2.45, 2.75) is 31.2 Å². The summed E-state index contributed by atoms with van der Waals surface area (Å²) in [4.78, 5) is 13.5. The summed E-state index contributed by atoms with van der Waals surface area (Å²) < 4.78 is 24.9. The maximum Gasteiger partial charge on any atom is 0.304 e. The van der Waals surface area contributed by atoms with Crippen molar-refractivity contribution in [2.75, 3.05) is 44.2 Å². The van der Waals surface area contributed by atoms with Gasteiger partial charge in [-0.3, -0.25) is 4.79 Å². The van der Waals surface area contributed by atoms with Crippen molar-refractivity contribution in [3.05, 3.63) is 53.3 Å². The lowest BCUT2D eigenvalue weighted by Crippen LogP contribution is -2.37. The standard InChI is InChI=1S/C24H28FN3O4/c1-28(20-7-9-32-10-8-20)23-6-4-16(18(15-31-2)12-24(29)30)11-22(23)27-19-5-3-17(14-26)21(25)13-19/h3-6,11,13,18,20,27H,7-10,12,15H2,1-2H3,(H,29,30). The van der Waals surface area contributed by atoms with Crippen molar-refractivity contribution in [3.8, 4) is 6.07 Å². The maximum absolute atomic E-state index is 14.2. The van der Waals surface area contributed by atoms with Crippen molar-refractivity contribution in [1.29, 1.82) is 5.26 Å². The van der Waals surface area contributed by atoms with Crippen LogP contribution in [0.5, 0.6) is 0 Å². The second-order valence-electron chi connectivity index (χ2n) is 7.91. The summed E-state index contributed by atoms with van der Waals surface area (Å²) in [6.45, 7) is 1.67. The summed E-state index contributed by atoms with van der Waals surface area (Å²) in [5.41, 5.74) is 2.94. The van der Waals surface area contributed by atoms with Crippen LogP contribution in [0.1, 0.15) is 36.3 Å². The third-order valence-corrected chi connectivity index (χ3v) is 5.77. The molecule has 0 spiro atoms. The fourth-order valence-corrected chi connectivity index (χ4v) is 4.01. The molecule has 1 saturated heterocycles. The fourth-order valence-electron chi connectivity index (χ4n) is 4.01. The third kappa shape index (κ3) is 5.75. The number of anilines is 3. The van der Waals surface area contributed by atoms with Crippen LogP contribution in [0.15, 0.2) is 36.4 Å². The number of rotatable bonds is 9. The van der Waals surface area contributed by atoms with E-state index in [-0.39, 0.29) is 24.5 Å². The molecule has 1 heterocycles. The highest BCUT2D eigenvalue weighted by Crippen LogP contribution is 2.35. The minimum Gasteiger partial charge on any atom is -0.481 e. The lowest BCUT2D eigenvalue weighted by molar-refractivity contribution is -0.137. The van der Waals surface area contributed by atoms with Gasteiger partial charge in [0.15, 0.2) is 0 Å². The first kappa shape index (κ1) is 23.5. The van der Waals surface area contributed by atoms with Gasteiger partial charge in [-0.05, 0) is 48.7 Å². The van der Waals surface area contributed by atoms with E-state index in [1.165, 1.54) is 12.1 Å². The molecule has 0 radical (unpaired) electrons. The molecule has 3 rings (SSSR count). The van der Waals surface area contributed by atoms with E-state index in [1.54, 1.807) is 13.2 Å². The molecule has 2 aromatic carbocycles. The van der Waals surface area contributed by atoms with E-state index in [1.807, 2.05) is 31.3 Å². The molecule has 1 atom stereocenters. The van der Waals surface area contributed by atoms with Gasteiger partial charge in [0.05, 0.1) is 30.0 Å². The van der Waals surface area contributed by atoms with Gasteiger partial charge < -0.3 is 24.8 Å². The summed E-state index contributed by atoms with van der Waals surface area (Å²) in [6, 6.07) is 12.3. The monoisotopic (exact) mass is 441 g/mol. The molecule has 1 aliphatic rings. The SMILES string of the molecule is COCC(CC(=O)O)c1ccc(N(C)C2CCOCC2)c(Nc2ccc(C#N)c(F)c2)c1. The smallest absolute Gasteiger partial charge is 0.304 e. The molecular weight excluding hydrogens is 413 g/mol. The molecule has 32 heavy (non-hydrogen) atoms. The Hall–Kier alpha value is -3.15. The minimum atomic E-state index is -0.904. The number of hydrogen-bond donors (Lipinski definition) is 2. The Morgan fingerprint density at radius 1 is 1.34 bits per heavy atom. The first-order valence-corrected chi connectivity index (χ1v) is 10.5. The molecule has 1 aliphatic heterocycles. The zero-order chi connectivity index (χ0) is 23.1. The molecule has 8 heteroatoms. The highest BCUT2D eigenvalue weighted by Gasteiger charge is 2.23. The predicted molar refractivity (Wildman–Crippen MR) is 120 cm³/mol. The van der Waals surface area contributed by atoms with Crippen molar-refractivity contribution in [2.24, 2.45) is 0 Å². The van der Waals surface area contributed by atoms with Gasteiger partial charge in [0, 0.05) is 45.0 Å². The number of benzene rings is 2. The Balaban J connectivity index is 1.99. The Kier molecular flexibility index (Phi) is 8.03. The van der Waals surface area contributed by atoms with Crippen LogP contribution in [0.2, 0.25) is 0 Å². The van der Waals surface area contributed by atoms with Crippen LogP contribution < -0.4 is 10.2 Å². The number of carboxylic acids is 1. The van der Waals surface area contributed by atoms with Crippen molar-refractivity contribution in [3.63, 3.8) is 0 Å².